The minimum Gasteiger partial charge on any atom is -0.506 e. The maximum absolute atomic E-state index is 11.9. The lowest BCUT2D eigenvalue weighted by Crippen LogP contribution is -2.33. The van der Waals surface area contributed by atoms with E-state index in [1.807, 2.05) is 0 Å². The average Bonchev–Trinajstić information content (AvgIpc) is 3.22. The highest BCUT2D eigenvalue weighted by Gasteiger charge is 2.28. The molecule has 3 rings (SSSR count). The maximum atomic E-state index is 11.9. The number of phenolic OH excluding ortho intramolecular Hbond substituents is 1. The molecule has 0 saturated carbocycles. The van der Waals surface area contributed by atoms with Gasteiger partial charge in [0.15, 0.2) is 0 Å². The summed E-state index contributed by atoms with van der Waals surface area (Å²) in [5, 5.41) is 48.4. The van der Waals surface area contributed by atoms with E-state index in [1.165, 1.54) is 18.2 Å². The van der Waals surface area contributed by atoms with E-state index in [9.17, 15) is 24.3 Å². The summed E-state index contributed by atoms with van der Waals surface area (Å²) in [6.45, 7) is 0.880. The molecule has 2 atom stereocenters. The highest BCUT2D eigenvalue weighted by Crippen LogP contribution is 2.24. The van der Waals surface area contributed by atoms with Crippen molar-refractivity contribution in [1.29, 1.82) is 0 Å². The van der Waals surface area contributed by atoms with E-state index >= 15 is 0 Å². The number of carbonyl (C=O) groups excluding carboxylic acids is 4. The van der Waals surface area contributed by atoms with Crippen molar-refractivity contribution in [2.75, 3.05) is 44.8 Å². The van der Waals surface area contributed by atoms with Gasteiger partial charge in [-0.2, -0.15) is 0 Å². The Hall–Kier alpha value is -3.63. The third-order valence-corrected chi connectivity index (χ3v) is 5.44. The molecule has 0 radical (unpaired) electrons. The number of hydrogen-bond acceptors (Lipinski definition) is 11. The molecule has 0 bridgehead atoms. The van der Waals surface area contributed by atoms with Crippen LogP contribution in [0.3, 0.4) is 0 Å². The molecule has 2 fully saturated rings. The van der Waals surface area contributed by atoms with Crippen LogP contribution in [0.25, 0.3) is 0 Å². The van der Waals surface area contributed by atoms with E-state index in [0.29, 0.717) is 25.2 Å². The number of ether oxygens (including phenoxy) is 2. The molecule has 0 unspecified atom stereocenters. The van der Waals surface area contributed by atoms with Gasteiger partial charge in [0.25, 0.3) is 6.47 Å². The van der Waals surface area contributed by atoms with Crippen LogP contribution in [0.5, 0.6) is 5.75 Å². The first-order valence-corrected chi connectivity index (χ1v) is 12.5. The number of carbonyl (C=O) groups is 5. The average molecular weight is 572 g/mol. The summed E-state index contributed by atoms with van der Waals surface area (Å²) in [6, 6.07) is 4.37. The fraction of sp³-hybridized carbons (Fsp3) is 0.560. The van der Waals surface area contributed by atoms with Gasteiger partial charge in [0.05, 0.1) is 57.5 Å². The van der Waals surface area contributed by atoms with Crippen molar-refractivity contribution in [3.63, 3.8) is 0 Å². The first-order valence-electron chi connectivity index (χ1n) is 12.5. The number of nitrogens with one attached hydrogen (secondary N) is 2. The summed E-state index contributed by atoms with van der Waals surface area (Å²) in [5.74, 6) is -1.21. The molecule has 7 N–H and O–H groups in total. The van der Waals surface area contributed by atoms with Gasteiger partial charge < -0.3 is 45.6 Å². The molecule has 4 amide bonds. The van der Waals surface area contributed by atoms with Crippen molar-refractivity contribution in [2.24, 2.45) is 0 Å². The number of hydrogen-bond donors (Lipinski definition) is 7. The molecule has 224 valence electrons. The van der Waals surface area contributed by atoms with E-state index in [-0.39, 0.29) is 94.2 Å². The molecule has 0 aromatic heterocycles. The summed E-state index contributed by atoms with van der Waals surface area (Å²) in [5.41, 5.74) is 0.737. The summed E-state index contributed by atoms with van der Waals surface area (Å²) >= 11 is 0. The molecular formula is C25H37N3O12. The molecule has 2 aliphatic rings. The zero-order valence-corrected chi connectivity index (χ0v) is 22.0. The minimum atomic E-state index is -0.459. The summed E-state index contributed by atoms with van der Waals surface area (Å²) < 4.78 is 10.1. The quantitative estimate of drug-likeness (QED) is 0.0712. The topological polar surface area (TPSA) is 232 Å². The minimum absolute atomic E-state index is 0.00850. The largest absolute Gasteiger partial charge is 0.506 e. The molecule has 2 heterocycles. The van der Waals surface area contributed by atoms with Crippen molar-refractivity contribution in [3.05, 3.63) is 23.8 Å². The molecule has 15 heteroatoms. The number of aliphatic hydroxyl groups excluding tert-OH is 3. The Balaban J connectivity index is 0.000000606. The van der Waals surface area contributed by atoms with Crippen molar-refractivity contribution in [2.45, 2.75) is 50.9 Å². The first-order chi connectivity index (χ1) is 19.1. The molecule has 1 aromatic rings. The Morgan fingerprint density at radius 3 is 2.23 bits per heavy atom. The fourth-order valence-corrected chi connectivity index (χ4v) is 3.48. The molecule has 40 heavy (non-hydrogen) atoms. The predicted molar refractivity (Wildman–Crippen MR) is 138 cm³/mol. The summed E-state index contributed by atoms with van der Waals surface area (Å²) in [7, 11) is 0. The van der Waals surface area contributed by atoms with Crippen LogP contribution >= 0.6 is 0 Å². The maximum Gasteiger partial charge on any atom is 0.290 e. The second-order valence-corrected chi connectivity index (χ2v) is 8.65. The number of phenols is 1. The molecule has 2 aliphatic heterocycles. The molecule has 0 aliphatic carbocycles. The smallest absolute Gasteiger partial charge is 0.290 e. The van der Waals surface area contributed by atoms with Crippen molar-refractivity contribution in [1.82, 2.24) is 10.2 Å². The number of carboxylic acid groups (broad SMARTS) is 1. The lowest BCUT2D eigenvalue weighted by Gasteiger charge is -2.21. The van der Waals surface area contributed by atoms with Crippen LogP contribution in [-0.2, 0) is 40.1 Å². The van der Waals surface area contributed by atoms with Crippen LogP contribution in [0, 0.1) is 0 Å². The monoisotopic (exact) mass is 571 g/mol. The Morgan fingerprint density at radius 2 is 1.68 bits per heavy atom. The predicted octanol–water partition coefficient (Wildman–Crippen LogP) is -1.29. The van der Waals surface area contributed by atoms with Gasteiger partial charge in [-0.05, 0) is 17.7 Å². The second kappa shape index (κ2) is 19.4. The SMILES string of the molecule is O=C(CCOCCN1C(=O)CCC1=O)NCCC(=O)Nc1cc(CO)ccc1O.O=CO.O[C@@H]1COC[C@H](O)C1. The molecule has 1 aromatic carbocycles. The molecule has 15 nitrogen and oxygen atoms in total. The number of imide groups is 1. The van der Waals surface area contributed by atoms with Gasteiger partial charge in [-0.3, -0.25) is 28.9 Å². The Bertz CT molecular complexity index is 950. The van der Waals surface area contributed by atoms with Crippen LogP contribution in [0.4, 0.5) is 5.69 Å². The Labute approximate surface area is 230 Å². The highest BCUT2D eigenvalue weighted by molar-refractivity contribution is 6.01. The number of nitrogens with zero attached hydrogens (tertiary/aromatic N) is 1. The van der Waals surface area contributed by atoms with E-state index < -0.39 is 18.1 Å². The van der Waals surface area contributed by atoms with Crippen LogP contribution in [0.15, 0.2) is 18.2 Å². The zero-order chi connectivity index (χ0) is 29.9. The summed E-state index contributed by atoms with van der Waals surface area (Å²) in [6.07, 6.45) is 0.109. The van der Waals surface area contributed by atoms with Gasteiger partial charge in [0, 0.05) is 38.6 Å². The van der Waals surface area contributed by atoms with Crippen molar-refractivity contribution < 1.29 is 59.0 Å². The van der Waals surface area contributed by atoms with Crippen LogP contribution < -0.4 is 10.6 Å². The number of amides is 4. The second-order valence-electron chi connectivity index (χ2n) is 8.65. The third-order valence-electron chi connectivity index (χ3n) is 5.44. The van der Waals surface area contributed by atoms with Gasteiger partial charge in [-0.25, -0.2) is 0 Å². The van der Waals surface area contributed by atoms with Gasteiger partial charge in [0.2, 0.25) is 23.6 Å². The lowest BCUT2D eigenvalue weighted by molar-refractivity contribution is -0.139. The van der Waals surface area contributed by atoms with Gasteiger partial charge in [0.1, 0.15) is 5.75 Å². The van der Waals surface area contributed by atoms with E-state index in [0.717, 1.165) is 4.90 Å². The number of aromatic hydroxyl groups is 1. The number of rotatable bonds is 11. The lowest BCUT2D eigenvalue weighted by atomic mass is 10.1. The fourth-order valence-electron chi connectivity index (χ4n) is 3.48. The van der Waals surface area contributed by atoms with Crippen molar-refractivity contribution in [3.8, 4) is 5.75 Å². The number of likely N-dealkylation sites (tertiary alicyclic amines) is 1. The standard InChI is InChI=1S/C19H25N3O7.C5H10O3.CH2O2/c23-12-13-1-2-15(24)14(11-13)21-17(26)5-7-20-16(25)6-9-29-10-8-22-18(27)3-4-19(22)28;6-4-1-5(7)3-8-2-4;2-1-3/h1-2,11,23-24H,3-10,12H2,(H,20,25)(H,21,26);4-7H,1-3H2;1H,(H,2,3)/t;4-,5+;. The summed E-state index contributed by atoms with van der Waals surface area (Å²) in [4.78, 5) is 56.0. The Morgan fingerprint density at radius 1 is 1.05 bits per heavy atom. The number of aliphatic hydroxyl groups is 3. The molecule has 0 spiro atoms. The normalized spacial score (nSPS) is 18.1. The van der Waals surface area contributed by atoms with E-state index in [2.05, 4.69) is 10.6 Å². The highest BCUT2D eigenvalue weighted by atomic mass is 16.5. The van der Waals surface area contributed by atoms with Crippen LogP contribution in [-0.4, -0.2) is 112 Å². The first kappa shape index (κ1) is 34.4. The van der Waals surface area contributed by atoms with Crippen molar-refractivity contribution >= 4 is 35.8 Å². The zero-order valence-electron chi connectivity index (χ0n) is 22.0. The molecular weight excluding hydrogens is 534 g/mol. The third kappa shape index (κ3) is 14.0. The number of benzene rings is 1. The van der Waals surface area contributed by atoms with Gasteiger partial charge >= 0.3 is 0 Å². The van der Waals surface area contributed by atoms with E-state index in [4.69, 9.17) is 34.7 Å². The molecule has 2 saturated heterocycles. The Kier molecular flexibility index (Phi) is 16.7. The van der Waals surface area contributed by atoms with Crippen LogP contribution in [0.2, 0.25) is 0 Å². The number of anilines is 1. The van der Waals surface area contributed by atoms with E-state index in [1.54, 1.807) is 0 Å². The van der Waals surface area contributed by atoms with Gasteiger partial charge in [-0.15, -0.1) is 0 Å². The van der Waals surface area contributed by atoms with Gasteiger partial charge in [-0.1, -0.05) is 6.07 Å². The van der Waals surface area contributed by atoms with Crippen LogP contribution in [0.1, 0.15) is 37.7 Å².